The Kier molecular flexibility index (Phi) is 8.34. The minimum absolute atomic E-state index is 0.148. The molecule has 0 saturated carbocycles. The van der Waals surface area contributed by atoms with Crippen molar-refractivity contribution < 1.29 is 19.4 Å². The number of piperazine rings is 1. The van der Waals surface area contributed by atoms with E-state index in [-0.39, 0.29) is 12.5 Å². The molecule has 1 aliphatic heterocycles. The normalized spacial score (nSPS) is 16.7. The SMILES string of the molecule is CCN(CC)C[C@H](O)COc1ccc(CN2CCN(C)C(=O)C2)cc1OC. The summed E-state index contributed by atoms with van der Waals surface area (Å²) in [5.41, 5.74) is 1.07. The fraction of sp³-hybridized carbons (Fsp3) is 0.650. The third-order valence-corrected chi connectivity index (χ3v) is 4.97. The Morgan fingerprint density at radius 3 is 2.59 bits per heavy atom. The van der Waals surface area contributed by atoms with Crippen molar-refractivity contribution in [3.63, 3.8) is 0 Å². The summed E-state index contributed by atoms with van der Waals surface area (Å²) in [5.74, 6) is 1.41. The van der Waals surface area contributed by atoms with E-state index in [0.717, 1.165) is 31.7 Å². The largest absolute Gasteiger partial charge is 0.493 e. The number of benzene rings is 1. The summed E-state index contributed by atoms with van der Waals surface area (Å²) in [6, 6.07) is 5.79. The van der Waals surface area contributed by atoms with Crippen molar-refractivity contribution in [3.05, 3.63) is 23.8 Å². The number of carbonyl (C=O) groups excluding carboxylic acids is 1. The van der Waals surface area contributed by atoms with E-state index in [0.29, 0.717) is 31.1 Å². The summed E-state index contributed by atoms with van der Waals surface area (Å²) in [4.78, 5) is 17.9. The van der Waals surface area contributed by atoms with Crippen LogP contribution in [0.25, 0.3) is 0 Å². The van der Waals surface area contributed by atoms with E-state index >= 15 is 0 Å². The van der Waals surface area contributed by atoms with Crippen molar-refractivity contribution in [1.29, 1.82) is 0 Å². The summed E-state index contributed by atoms with van der Waals surface area (Å²) in [7, 11) is 3.45. The molecule has 0 bridgehead atoms. The van der Waals surface area contributed by atoms with Gasteiger partial charge in [-0.3, -0.25) is 9.69 Å². The second kappa shape index (κ2) is 10.5. The van der Waals surface area contributed by atoms with Gasteiger partial charge >= 0.3 is 0 Å². The summed E-state index contributed by atoms with van der Waals surface area (Å²) in [6.07, 6.45) is -0.550. The van der Waals surface area contributed by atoms with Crippen LogP contribution in [0.5, 0.6) is 11.5 Å². The number of hydrogen-bond acceptors (Lipinski definition) is 6. The van der Waals surface area contributed by atoms with Crippen LogP contribution < -0.4 is 9.47 Å². The van der Waals surface area contributed by atoms with Crippen molar-refractivity contribution >= 4 is 5.91 Å². The van der Waals surface area contributed by atoms with Gasteiger partial charge in [-0.05, 0) is 30.8 Å². The van der Waals surface area contributed by atoms with Crippen molar-refractivity contribution in [2.24, 2.45) is 0 Å². The van der Waals surface area contributed by atoms with Gasteiger partial charge in [-0.25, -0.2) is 0 Å². The van der Waals surface area contributed by atoms with Gasteiger partial charge in [0.25, 0.3) is 0 Å². The molecule has 0 radical (unpaired) electrons. The number of nitrogens with zero attached hydrogens (tertiary/aromatic N) is 3. The van der Waals surface area contributed by atoms with Crippen LogP contribution in [0, 0.1) is 0 Å². The molecule has 2 rings (SSSR count). The fourth-order valence-corrected chi connectivity index (χ4v) is 3.15. The molecule has 0 aromatic heterocycles. The highest BCUT2D eigenvalue weighted by molar-refractivity contribution is 5.78. The summed E-state index contributed by atoms with van der Waals surface area (Å²) in [5, 5.41) is 10.2. The zero-order valence-corrected chi connectivity index (χ0v) is 17.0. The Hall–Kier alpha value is -1.83. The number of aliphatic hydroxyl groups is 1. The minimum Gasteiger partial charge on any atom is -0.493 e. The van der Waals surface area contributed by atoms with Gasteiger partial charge in [0.05, 0.1) is 13.7 Å². The van der Waals surface area contributed by atoms with E-state index in [9.17, 15) is 9.90 Å². The van der Waals surface area contributed by atoms with Gasteiger partial charge in [0.15, 0.2) is 11.5 Å². The second-order valence-electron chi connectivity index (χ2n) is 6.96. The fourth-order valence-electron chi connectivity index (χ4n) is 3.15. The van der Waals surface area contributed by atoms with Crippen LogP contribution in [0.1, 0.15) is 19.4 Å². The summed E-state index contributed by atoms with van der Waals surface area (Å²) in [6.45, 7) is 9.52. The molecular formula is C20H33N3O4. The Labute approximate surface area is 162 Å². The third-order valence-electron chi connectivity index (χ3n) is 4.97. The predicted molar refractivity (Wildman–Crippen MR) is 105 cm³/mol. The first-order valence-corrected chi connectivity index (χ1v) is 9.63. The summed E-state index contributed by atoms with van der Waals surface area (Å²) >= 11 is 0. The van der Waals surface area contributed by atoms with E-state index in [4.69, 9.17) is 9.47 Å². The topological polar surface area (TPSA) is 65.5 Å². The van der Waals surface area contributed by atoms with Crippen LogP contribution in [0.4, 0.5) is 0 Å². The highest BCUT2D eigenvalue weighted by Crippen LogP contribution is 2.29. The molecule has 7 nitrogen and oxygen atoms in total. The number of hydrogen-bond donors (Lipinski definition) is 1. The zero-order chi connectivity index (χ0) is 19.8. The number of aliphatic hydroxyl groups excluding tert-OH is 1. The Morgan fingerprint density at radius 1 is 1.22 bits per heavy atom. The zero-order valence-electron chi connectivity index (χ0n) is 17.0. The molecule has 27 heavy (non-hydrogen) atoms. The second-order valence-corrected chi connectivity index (χ2v) is 6.96. The Bertz CT molecular complexity index is 607. The lowest BCUT2D eigenvalue weighted by molar-refractivity contribution is -0.134. The first-order chi connectivity index (χ1) is 13.0. The molecule has 0 aliphatic carbocycles. The van der Waals surface area contributed by atoms with Gasteiger partial charge in [-0.2, -0.15) is 0 Å². The molecular weight excluding hydrogens is 346 g/mol. The van der Waals surface area contributed by atoms with Gasteiger partial charge in [0.2, 0.25) is 5.91 Å². The molecule has 7 heteroatoms. The van der Waals surface area contributed by atoms with E-state index in [1.165, 1.54) is 0 Å². The lowest BCUT2D eigenvalue weighted by atomic mass is 10.1. The Morgan fingerprint density at radius 2 is 1.96 bits per heavy atom. The van der Waals surface area contributed by atoms with Crippen LogP contribution >= 0.6 is 0 Å². The lowest BCUT2D eigenvalue weighted by Gasteiger charge is -2.32. The first-order valence-electron chi connectivity index (χ1n) is 9.63. The van der Waals surface area contributed by atoms with Crippen LogP contribution in [0.3, 0.4) is 0 Å². The van der Waals surface area contributed by atoms with Gasteiger partial charge in [0, 0.05) is 33.2 Å². The molecule has 1 fully saturated rings. The smallest absolute Gasteiger partial charge is 0.236 e. The third kappa shape index (κ3) is 6.37. The van der Waals surface area contributed by atoms with Crippen LogP contribution in [-0.4, -0.2) is 91.9 Å². The molecule has 0 spiro atoms. The lowest BCUT2D eigenvalue weighted by Crippen LogP contribution is -2.47. The number of carbonyl (C=O) groups is 1. The number of likely N-dealkylation sites (N-methyl/N-ethyl adjacent to an activating group) is 2. The number of methoxy groups -OCH3 is 1. The molecule has 1 atom stereocenters. The monoisotopic (exact) mass is 379 g/mol. The van der Waals surface area contributed by atoms with Gasteiger partial charge in [-0.15, -0.1) is 0 Å². The molecule has 1 aromatic carbocycles. The van der Waals surface area contributed by atoms with Crippen molar-refractivity contribution in [2.75, 3.05) is 60.0 Å². The predicted octanol–water partition coefficient (Wildman–Crippen LogP) is 1.05. The maximum Gasteiger partial charge on any atom is 0.236 e. The van der Waals surface area contributed by atoms with Crippen molar-refractivity contribution in [2.45, 2.75) is 26.5 Å². The maximum absolute atomic E-state index is 11.9. The number of amides is 1. The van der Waals surface area contributed by atoms with E-state index < -0.39 is 6.10 Å². The summed E-state index contributed by atoms with van der Waals surface area (Å²) < 4.78 is 11.2. The van der Waals surface area contributed by atoms with Crippen LogP contribution in [0.15, 0.2) is 18.2 Å². The van der Waals surface area contributed by atoms with Crippen LogP contribution in [-0.2, 0) is 11.3 Å². The molecule has 1 aromatic rings. The first kappa shape index (κ1) is 21.5. The van der Waals surface area contributed by atoms with Crippen molar-refractivity contribution in [3.8, 4) is 11.5 Å². The quantitative estimate of drug-likeness (QED) is 0.656. The molecule has 1 heterocycles. The molecule has 0 unspecified atom stereocenters. The Balaban J connectivity index is 1.92. The van der Waals surface area contributed by atoms with E-state index in [1.54, 1.807) is 12.0 Å². The van der Waals surface area contributed by atoms with Crippen LogP contribution in [0.2, 0.25) is 0 Å². The molecule has 1 N–H and O–H groups in total. The molecule has 1 amide bonds. The number of ether oxygens (including phenoxy) is 2. The molecule has 1 aliphatic rings. The highest BCUT2D eigenvalue weighted by atomic mass is 16.5. The van der Waals surface area contributed by atoms with Crippen molar-refractivity contribution in [1.82, 2.24) is 14.7 Å². The van der Waals surface area contributed by atoms with Gasteiger partial charge in [0.1, 0.15) is 12.7 Å². The molecule has 152 valence electrons. The minimum atomic E-state index is -0.550. The van der Waals surface area contributed by atoms with Gasteiger partial charge in [-0.1, -0.05) is 19.9 Å². The maximum atomic E-state index is 11.9. The average Bonchev–Trinajstić information content (AvgIpc) is 2.67. The number of rotatable bonds is 10. The molecule has 1 saturated heterocycles. The standard InChI is InChI=1S/C20H33N3O4/c1-5-22(6-2)13-17(24)15-27-18-8-7-16(11-19(18)26-4)12-23-10-9-21(3)20(25)14-23/h7-8,11,17,24H,5-6,9-10,12-15H2,1-4H3/t17-/m0/s1. The highest BCUT2D eigenvalue weighted by Gasteiger charge is 2.21. The van der Waals surface area contributed by atoms with E-state index in [1.807, 2.05) is 25.2 Å². The van der Waals surface area contributed by atoms with Gasteiger partial charge < -0.3 is 24.4 Å². The van der Waals surface area contributed by atoms with E-state index in [2.05, 4.69) is 23.6 Å². The average molecular weight is 380 g/mol.